The van der Waals surface area contributed by atoms with Gasteiger partial charge in [-0.05, 0) is 19.8 Å². The van der Waals surface area contributed by atoms with Crippen LogP contribution >= 0.6 is 23.1 Å². The zero-order valence-electron chi connectivity index (χ0n) is 8.92. The van der Waals surface area contributed by atoms with Gasteiger partial charge in [0.2, 0.25) is 5.13 Å². The van der Waals surface area contributed by atoms with Crippen LogP contribution in [0.1, 0.15) is 31.5 Å². The molecule has 1 aromatic rings. The minimum Gasteiger partial charge on any atom is -0.360 e. The maximum absolute atomic E-state index is 6.06. The van der Waals surface area contributed by atoms with Crippen molar-refractivity contribution in [1.82, 2.24) is 9.36 Å². The summed E-state index contributed by atoms with van der Waals surface area (Å²) in [7, 11) is 0. The van der Waals surface area contributed by atoms with Crippen LogP contribution in [0.15, 0.2) is 0 Å². The van der Waals surface area contributed by atoms with Crippen LogP contribution in [0.25, 0.3) is 0 Å². The van der Waals surface area contributed by atoms with Crippen molar-refractivity contribution in [2.24, 2.45) is 5.41 Å². The average Bonchev–Trinajstić information content (AvgIpc) is 2.85. The molecule has 84 valence electrons. The molecule has 1 heterocycles. The average molecular weight is 246 g/mol. The largest absolute Gasteiger partial charge is 0.360 e. The first-order valence-electron chi connectivity index (χ1n) is 5.34. The van der Waals surface area contributed by atoms with Crippen LogP contribution in [0.3, 0.4) is 0 Å². The molecule has 1 aromatic heterocycles. The number of aromatic nitrogens is 2. The molecule has 0 aliphatic heterocycles. The quantitative estimate of drug-likeness (QED) is 0.829. The molecule has 1 fully saturated rings. The summed E-state index contributed by atoms with van der Waals surface area (Å²) in [6.07, 6.45) is 5.09. The highest BCUT2D eigenvalue weighted by atomic mass is 35.5. The van der Waals surface area contributed by atoms with Gasteiger partial charge in [0.05, 0.1) is 0 Å². The molecule has 5 heteroatoms. The van der Waals surface area contributed by atoms with Crippen LogP contribution in [-0.4, -0.2) is 21.8 Å². The second kappa shape index (κ2) is 4.66. The molecule has 0 unspecified atom stereocenters. The van der Waals surface area contributed by atoms with Crippen molar-refractivity contribution in [2.45, 2.75) is 32.6 Å². The molecule has 15 heavy (non-hydrogen) atoms. The van der Waals surface area contributed by atoms with Gasteiger partial charge in [-0.15, -0.1) is 11.6 Å². The topological polar surface area (TPSA) is 37.8 Å². The Morgan fingerprint density at radius 3 is 2.73 bits per heavy atom. The number of anilines is 1. The van der Waals surface area contributed by atoms with Gasteiger partial charge in [0.15, 0.2) is 0 Å². The van der Waals surface area contributed by atoms with E-state index in [4.69, 9.17) is 11.6 Å². The predicted octanol–water partition coefficient (Wildman–Crippen LogP) is 3.06. The molecule has 0 aromatic carbocycles. The molecule has 0 atom stereocenters. The molecule has 1 aliphatic rings. The van der Waals surface area contributed by atoms with E-state index in [0.29, 0.717) is 5.41 Å². The number of nitrogens with zero attached hydrogens (tertiary/aromatic N) is 2. The SMILES string of the molecule is Cc1nsc(NCC2(CCl)CCCC2)n1. The Kier molecular flexibility index (Phi) is 3.46. The zero-order chi connectivity index (χ0) is 10.7. The zero-order valence-corrected chi connectivity index (χ0v) is 10.5. The maximum Gasteiger partial charge on any atom is 0.202 e. The van der Waals surface area contributed by atoms with Gasteiger partial charge in [-0.25, -0.2) is 4.98 Å². The smallest absolute Gasteiger partial charge is 0.202 e. The summed E-state index contributed by atoms with van der Waals surface area (Å²) < 4.78 is 4.15. The maximum atomic E-state index is 6.06. The van der Waals surface area contributed by atoms with E-state index in [0.717, 1.165) is 23.4 Å². The van der Waals surface area contributed by atoms with E-state index >= 15 is 0 Å². The molecule has 0 saturated heterocycles. The van der Waals surface area contributed by atoms with E-state index in [1.165, 1.54) is 37.2 Å². The lowest BCUT2D eigenvalue weighted by molar-refractivity contribution is 0.368. The van der Waals surface area contributed by atoms with Gasteiger partial charge >= 0.3 is 0 Å². The summed E-state index contributed by atoms with van der Waals surface area (Å²) in [4.78, 5) is 4.29. The molecular formula is C10H16ClN3S. The van der Waals surface area contributed by atoms with Crippen molar-refractivity contribution in [3.63, 3.8) is 0 Å². The molecule has 0 amide bonds. The molecule has 2 rings (SSSR count). The first kappa shape index (κ1) is 11.1. The summed E-state index contributed by atoms with van der Waals surface area (Å²) in [5.74, 6) is 1.59. The molecule has 3 nitrogen and oxygen atoms in total. The fourth-order valence-electron chi connectivity index (χ4n) is 2.11. The fraction of sp³-hybridized carbons (Fsp3) is 0.800. The third-order valence-electron chi connectivity index (χ3n) is 3.09. The summed E-state index contributed by atoms with van der Waals surface area (Å²) in [5, 5.41) is 4.28. The number of hydrogen-bond acceptors (Lipinski definition) is 4. The highest BCUT2D eigenvalue weighted by molar-refractivity contribution is 7.09. The second-order valence-corrected chi connectivity index (χ2v) is 5.36. The Balaban J connectivity index is 1.91. The molecular weight excluding hydrogens is 230 g/mol. The molecule has 1 aliphatic carbocycles. The summed E-state index contributed by atoms with van der Waals surface area (Å²) >= 11 is 7.49. The van der Waals surface area contributed by atoms with E-state index < -0.39 is 0 Å². The van der Waals surface area contributed by atoms with Crippen LogP contribution in [0.5, 0.6) is 0 Å². The number of halogens is 1. The van der Waals surface area contributed by atoms with Crippen molar-refractivity contribution in [3.05, 3.63) is 5.82 Å². The van der Waals surface area contributed by atoms with Crippen LogP contribution in [0.4, 0.5) is 5.13 Å². The van der Waals surface area contributed by atoms with Gasteiger partial charge in [-0.3, -0.25) is 0 Å². The van der Waals surface area contributed by atoms with Crippen molar-refractivity contribution >= 4 is 28.3 Å². The van der Waals surface area contributed by atoms with Crippen LogP contribution in [0, 0.1) is 12.3 Å². The fourth-order valence-corrected chi connectivity index (χ4v) is 3.05. The third-order valence-corrected chi connectivity index (χ3v) is 4.42. The number of nitrogens with one attached hydrogen (secondary N) is 1. The Labute approximate surface area is 99.4 Å². The Hall–Kier alpha value is -0.350. The van der Waals surface area contributed by atoms with Gasteiger partial charge in [0, 0.05) is 29.4 Å². The Morgan fingerprint density at radius 1 is 1.47 bits per heavy atom. The lowest BCUT2D eigenvalue weighted by Gasteiger charge is -2.26. The van der Waals surface area contributed by atoms with Gasteiger partial charge in [0.25, 0.3) is 0 Å². The van der Waals surface area contributed by atoms with E-state index in [9.17, 15) is 0 Å². The third kappa shape index (κ3) is 2.61. The number of alkyl halides is 1. The van der Waals surface area contributed by atoms with Crippen LogP contribution in [0.2, 0.25) is 0 Å². The van der Waals surface area contributed by atoms with Crippen LogP contribution < -0.4 is 5.32 Å². The highest BCUT2D eigenvalue weighted by Crippen LogP contribution is 2.39. The van der Waals surface area contributed by atoms with Gasteiger partial charge < -0.3 is 5.32 Å². The number of rotatable bonds is 4. The van der Waals surface area contributed by atoms with E-state index in [1.807, 2.05) is 6.92 Å². The van der Waals surface area contributed by atoms with Crippen molar-refractivity contribution < 1.29 is 0 Å². The Morgan fingerprint density at radius 2 is 2.20 bits per heavy atom. The predicted molar refractivity (Wildman–Crippen MR) is 64.8 cm³/mol. The molecule has 0 radical (unpaired) electrons. The van der Waals surface area contributed by atoms with Crippen molar-refractivity contribution in [3.8, 4) is 0 Å². The van der Waals surface area contributed by atoms with Gasteiger partial charge in [-0.1, -0.05) is 12.8 Å². The normalized spacial score (nSPS) is 19.3. The number of aryl methyl sites for hydroxylation is 1. The van der Waals surface area contributed by atoms with Gasteiger partial charge in [0.1, 0.15) is 5.82 Å². The summed E-state index contributed by atoms with van der Waals surface area (Å²) in [6.45, 7) is 2.85. The van der Waals surface area contributed by atoms with Gasteiger partial charge in [-0.2, -0.15) is 4.37 Å². The van der Waals surface area contributed by atoms with E-state index in [-0.39, 0.29) is 0 Å². The first-order valence-corrected chi connectivity index (χ1v) is 6.65. The first-order chi connectivity index (χ1) is 7.24. The standard InChI is InChI=1S/C10H16ClN3S/c1-8-13-9(15-14-8)12-7-10(6-11)4-2-3-5-10/h2-7H2,1H3,(H,12,13,14). The minimum absolute atomic E-state index is 0.293. The Bertz CT molecular complexity index is 320. The number of hydrogen-bond donors (Lipinski definition) is 1. The minimum atomic E-state index is 0.293. The molecule has 0 spiro atoms. The summed E-state index contributed by atoms with van der Waals surface area (Å²) in [6, 6.07) is 0. The summed E-state index contributed by atoms with van der Waals surface area (Å²) in [5.41, 5.74) is 0.293. The van der Waals surface area contributed by atoms with E-state index in [1.54, 1.807) is 0 Å². The molecule has 0 bridgehead atoms. The monoisotopic (exact) mass is 245 g/mol. The van der Waals surface area contributed by atoms with E-state index in [2.05, 4.69) is 14.7 Å². The van der Waals surface area contributed by atoms with Crippen molar-refractivity contribution in [2.75, 3.05) is 17.7 Å². The molecule has 1 saturated carbocycles. The van der Waals surface area contributed by atoms with Crippen LogP contribution in [-0.2, 0) is 0 Å². The highest BCUT2D eigenvalue weighted by Gasteiger charge is 2.32. The van der Waals surface area contributed by atoms with Crippen molar-refractivity contribution in [1.29, 1.82) is 0 Å². The second-order valence-electron chi connectivity index (χ2n) is 4.34. The lowest BCUT2D eigenvalue weighted by atomic mass is 9.89. The lowest BCUT2D eigenvalue weighted by Crippen LogP contribution is -2.28. The molecule has 1 N–H and O–H groups in total.